The number of likely N-dealkylation sites (tertiary alicyclic amines) is 1. The number of ether oxygens (including phenoxy) is 1. The molecule has 94 valence electrons. The first-order valence-electron chi connectivity index (χ1n) is 5.53. The van der Waals surface area contributed by atoms with Crippen LogP contribution < -0.4 is 10.6 Å². The maximum atomic E-state index is 11.6. The van der Waals surface area contributed by atoms with Gasteiger partial charge in [0.2, 0.25) is 5.91 Å². The fourth-order valence-corrected chi connectivity index (χ4v) is 1.90. The fraction of sp³-hybridized carbons (Fsp3) is 0.700. The summed E-state index contributed by atoms with van der Waals surface area (Å²) in [7, 11) is 1.41. The number of hydrogen-bond donors (Lipinski definition) is 2. The Hall–Kier alpha value is -1.63. The van der Waals surface area contributed by atoms with Crippen LogP contribution >= 0.6 is 0 Å². The van der Waals surface area contributed by atoms with Crippen LogP contribution in [0.3, 0.4) is 0 Å². The lowest BCUT2D eigenvalue weighted by atomic mass is 10.2. The molecule has 17 heavy (non-hydrogen) atoms. The normalized spacial score (nSPS) is 28.6. The van der Waals surface area contributed by atoms with Crippen LogP contribution in [0.4, 0.5) is 4.79 Å². The molecule has 0 spiro atoms. The topological polar surface area (TPSA) is 87.7 Å². The Labute approximate surface area is 98.5 Å². The summed E-state index contributed by atoms with van der Waals surface area (Å²) >= 11 is 0. The van der Waals surface area contributed by atoms with Gasteiger partial charge in [-0.2, -0.15) is 0 Å². The highest BCUT2D eigenvalue weighted by Gasteiger charge is 2.37. The molecule has 0 aliphatic carbocycles. The number of nitrogens with one attached hydrogen (secondary N) is 2. The van der Waals surface area contributed by atoms with Gasteiger partial charge in [0.05, 0.1) is 19.1 Å². The van der Waals surface area contributed by atoms with Gasteiger partial charge in [-0.3, -0.25) is 14.5 Å². The standard InChI is InChI=1S/C10H15N3O4/c1-13-8(14)4-7(9(13)15)12-10(16)11-6-2-3-17-5-6/h6-7H,2-5H2,1H3,(H2,11,12,16). The van der Waals surface area contributed by atoms with Gasteiger partial charge in [-0.25, -0.2) is 4.79 Å². The maximum absolute atomic E-state index is 11.6. The van der Waals surface area contributed by atoms with Crippen LogP contribution in [0.1, 0.15) is 12.8 Å². The van der Waals surface area contributed by atoms with Crippen molar-refractivity contribution in [3.63, 3.8) is 0 Å². The molecule has 2 saturated heterocycles. The number of nitrogens with zero attached hydrogens (tertiary/aromatic N) is 1. The molecule has 0 saturated carbocycles. The van der Waals surface area contributed by atoms with Crippen molar-refractivity contribution in [2.75, 3.05) is 20.3 Å². The minimum atomic E-state index is -0.741. The quantitative estimate of drug-likeness (QED) is 0.596. The van der Waals surface area contributed by atoms with Crippen molar-refractivity contribution in [1.82, 2.24) is 15.5 Å². The second-order valence-electron chi connectivity index (χ2n) is 4.23. The molecule has 0 aromatic rings. The predicted octanol–water partition coefficient (Wildman–Crippen LogP) is -1.17. The molecule has 2 N–H and O–H groups in total. The lowest BCUT2D eigenvalue weighted by Crippen LogP contribution is -2.48. The molecule has 0 aromatic carbocycles. The van der Waals surface area contributed by atoms with Crippen molar-refractivity contribution in [2.45, 2.75) is 24.9 Å². The first-order valence-corrected chi connectivity index (χ1v) is 5.53. The molecular weight excluding hydrogens is 226 g/mol. The lowest BCUT2D eigenvalue weighted by Gasteiger charge is -2.14. The molecule has 0 radical (unpaired) electrons. The summed E-state index contributed by atoms with van der Waals surface area (Å²) in [6.45, 7) is 1.12. The van der Waals surface area contributed by atoms with Crippen LogP contribution in [-0.4, -0.2) is 55.1 Å². The smallest absolute Gasteiger partial charge is 0.315 e. The Balaban J connectivity index is 1.82. The molecule has 7 nitrogen and oxygen atoms in total. The zero-order valence-corrected chi connectivity index (χ0v) is 9.56. The molecule has 4 amide bonds. The first-order chi connectivity index (χ1) is 8.08. The molecule has 2 rings (SSSR count). The number of amides is 4. The molecule has 2 atom stereocenters. The van der Waals surface area contributed by atoms with Gasteiger partial charge in [0.25, 0.3) is 5.91 Å². The number of carbonyl (C=O) groups is 3. The minimum absolute atomic E-state index is 0.0139. The molecule has 2 fully saturated rings. The Morgan fingerprint density at radius 2 is 2.18 bits per heavy atom. The highest BCUT2D eigenvalue weighted by Crippen LogP contribution is 2.10. The minimum Gasteiger partial charge on any atom is -0.379 e. The van der Waals surface area contributed by atoms with Crippen molar-refractivity contribution in [3.05, 3.63) is 0 Å². The van der Waals surface area contributed by atoms with Crippen molar-refractivity contribution in [1.29, 1.82) is 0 Å². The fourth-order valence-electron chi connectivity index (χ4n) is 1.90. The Kier molecular flexibility index (Phi) is 3.28. The molecule has 7 heteroatoms. The third-order valence-corrected chi connectivity index (χ3v) is 2.95. The van der Waals surface area contributed by atoms with E-state index in [9.17, 15) is 14.4 Å². The van der Waals surface area contributed by atoms with Gasteiger partial charge in [-0.1, -0.05) is 0 Å². The van der Waals surface area contributed by atoms with Crippen LogP contribution in [0, 0.1) is 0 Å². The highest BCUT2D eigenvalue weighted by atomic mass is 16.5. The zero-order chi connectivity index (χ0) is 12.4. The van der Waals surface area contributed by atoms with E-state index in [1.165, 1.54) is 7.05 Å². The monoisotopic (exact) mass is 241 g/mol. The second kappa shape index (κ2) is 4.70. The van der Waals surface area contributed by atoms with E-state index in [0.29, 0.717) is 13.2 Å². The molecule has 0 aromatic heterocycles. The number of urea groups is 1. The lowest BCUT2D eigenvalue weighted by molar-refractivity contribution is -0.137. The number of rotatable bonds is 2. The van der Waals surface area contributed by atoms with Gasteiger partial charge >= 0.3 is 6.03 Å². The Morgan fingerprint density at radius 1 is 1.41 bits per heavy atom. The van der Waals surface area contributed by atoms with Gasteiger partial charge in [0, 0.05) is 13.7 Å². The molecule has 2 heterocycles. The second-order valence-corrected chi connectivity index (χ2v) is 4.23. The van der Waals surface area contributed by atoms with E-state index in [2.05, 4.69) is 10.6 Å². The van der Waals surface area contributed by atoms with Crippen LogP contribution in [0.2, 0.25) is 0 Å². The van der Waals surface area contributed by atoms with Crippen molar-refractivity contribution >= 4 is 17.8 Å². The third kappa shape index (κ3) is 2.55. The first kappa shape index (κ1) is 11.8. The van der Waals surface area contributed by atoms with E-state index in [0.717, 1.165) is 11.3 Å². The van der Waals surface area contributed by atoms with E-state index in [-0.39, 0.29) is 24.3 Å². The van der Waals surface area contributed by atoms with Crippen LogP contribution in [0.25, 0.3) is 0 Å². The van der Waals surface area contributed by atoms with E-state index in [4.69, 9.17) is 4.74 Å². The number of imide groups is 1. The molecule has 2 aliphatic rings. The summed E-state index contributed by atoms with van der Waals surface area (Å²) < 4.78 is 5.11. The summed E-state index contributed by atoms with van der Waals surface area (Å²) in [4.78, 5) is 35.3. The van der Waals surface area contributed by atoms with Crippen molar-refractivity contribution in [2.24, 2.45) is 0 Å². The van der Waals surface area contributed by atoms with E-state index >= 15 is 0 Å². The predicted molar refractivity (Wildman–Crippen MR) is 57.1 cm³/mol. The van der Waals surface area contributed by atoms with Crippen LogP contribution in [0.5, 0.6) is 0 Å². The van der Waals surface area contributed by atoms with Gasteiger partial charge < -0.3 is 15.4 Å². The summed E-state index contributed by atoms with van der Waals surface area (Å²) in [5, 5.41) is 5.20. The van der Waals surface area contributed by atoms with Gasteiger partial charge in [-0.05, 0) is 6.42 Å². The largest absolute Gasteiger partial charge is 0.379 e. The summed E-state index contributed by atoms with van der Waals surface area (Å²) in [5.74, 6) is -0.641. The number of carbonyl (C=O) groups excluding carboxylic acids is 3. The van der Waals surface area contributed by atoms with E-state index < -0.39 is 12.1 Å². The van der Waals surface area contributed by atoms with Crippen molar-refractivity contribution in [3.8, 4) is 0 Å². The number of likely N-dealkylation sites (N-methyl/N-ethyl adjacent to an activating group) is 1. The average molecular weight is 241 g/mol. The van der Waals surface area contributed by atoms with Crippen LogP contribution in [-0.2, 0) is 14.3 Å². The summed E-state index contributed by atoms with van der Waals surface area (Å²) in [5.41, 5.74) is 0. The Morgan fingerprint density at radius 3 is 2.71 bits per heavy atom. The van der Waals surface area contributed by atoms with E-state index in [1.54, 1.807) is 0 Å². The van der Waals surface area contributed by atoms with E-state index in [1.807, 2.05) is 0 Å². The Bertz CT molecular complexity index is 351. The molecule has 2 aliphatic heterocycles. The van der Waals surface area contributed by atoms with Gasteiger partial charge in [0.1, 0.15) is 6.04 Å². The van der Waals surface area contributed by atoms with Crippen molar-refractivity contribution < 1.29 is 19.1 Å². The maximum Gasteiger partial charge on any atom is 0.315 e. The summed E-state index contributed by atoms with van der Waals surface area (Å²) in [6.07, 6.45) is 0.800. The molecule has 2 unspecified atom stereocenters. The SMILES string of the molecule is CN1C(=O)CC(NC(=O)NC2CCOC2)C1=O. The van der Waals surface area contributed by atoms with Gasteiger partial charge in [-0.15, -0.1) is 0 Å². The number of hydrogen-bond acceptors (Lipinski definition) is 4. The molecular formula is C10H15N3O4. The highest BCUT2D eigenvalue weighted by molar-refractivity contribution is 6.06. The summed E-state index contributed by atoms with van der Waals surface area (Å²) in [6, 6.07) is -1.18. The third-order valence-electron chi connectivity index (χ3n) is 2.95. The average Bonchev–Trinajstić information content (AvgIpc) is 2.85. The van der Waals surface area contributed by atoms with Crippen LogP contribution in [0.15, 0.2) is 0 Å². The molecule has 0 bridgehead atoms. The zero-order valence-electron chi connectivity index (χ0n) is 9.56. The van der Waals surface area contributed by atoms with Gasteiger partial charge in [0.15, 0.2) is 0 Å².